The Morgan fingerprint density at radius 3 is 2.50 bits per heavy atom. The van der Waals surface area contributed by atoms with Gasteiger partial charge in [-0.05, 0) is 31.7 Å². The number of halogens is 2. The van der Waals surface area contributed by atoms with Crippen molar-refractivity contribution in [1.82, 2.24) is 0 Å². The Kier molecular flexibility index (Phi) is 3.74. The van der Waals surface area contributed by atoms with Gasteiger partial charge in [-0.3, -0.25) is 10.1 Å². The van der Waals surface area contributed by atoms with Gasteiger partial charge in [-0.15, -0.1) is 0 Å². The van der Waals surface area contributed by atoms with E-state index in [9.17, 15) is 18.9 Å². The second-order valence-corrected chi connectivity index (χ2v) is 4.34. The van der Waals surface area contributed by atoms with Gasteiger partial charge in [-0.25, -0.2) is 4.39 Å². The molecular formula is C12H13F2NO3. The summed E-state index contributed by atoms with van der Waals surface area (Å²) in [5.41, 5.74) is -0.528. The van der Waals surface area contributed by atoms with Crippen LogP contribution in [0.2, 0.25) is 0 Å². The molecule has 0 saturated heterocycles. The van der Waals surface area contributed by atoms with Crippen LogP contribution >= 0.6 is 0 Å². The molecule has 6 heteroatoms. The van der Waals surface area contributed by atoms with Crippen LogP contribution in [0.3, 0.4) is 0 Å². The molecule has 1 aliphatic carbocycles. The van der Waals surface area contributed by atoms with Crippen LogP contribution < -0.4 is 4.74 Å². The minimum absolute atomic E-state index is 0.270. The number of ether oxygens (including phenoxy) is 1. The summed E-state index contributed by atoms with van der Waals surface area (Å²) in [6.45, 7) is 0. The molecule has 0 unspecified atom stereocenters. The van der Waals surface area contributed by atoms with Gasteiger partial charge in [-0.2, -0.15) is 4.39 Å². The van der Waals surface area contributed by atoms with Gasteiger partial charge in [0.15, 0.2) is 5.82 Å². The highest BCUT2D eigenvalue weighted by Crippen LogP contribution is 2.34. The summed E-state index contributed by atoms with van der Waals surface area (Å²) in [7, 11) is 0. The Labute approximate surface area is 103 Å². The molecule has 0 N–H and O–H groups in total. The molecule has 0 atom stereocenters. The lowest BCUT2D eigenvalue weighted by Gasteiger charge is -2.22. The smallest absolute Gasteiger partial charge is 0.314 e. The summed E-state index contributed by atoms with van der Waals surface area (Å²) in [4.78, 5) is 10.0. The molecule has 1 aromatic rings. The maximum atomic E-state index is 13.6. The Balaban J connectivity index is 2.29. The van der Waals surface area contributed by atoms with Crippen LogP contribution in [0.5, 0.6) is 5.75 Å². The molecule has 0 bridgehead atoms. The highest BCUT2D eigenvalue weighted by Gasteiger charge is 2.26. The molecule has 0 heterocycles. The molecule has 0 radical (unpaired) electrons. The summed E-state index contributed by atoms with van der Waals surface area (Å²) < 4.78 is 32.0. The predicted molar refractivity (Wildman–Crippen MR) is 60.5 cm³/mol. The largest absolute Gasteiger partial charge is 0.481 e. The fourth-order valence-corrected chi connectivity index (χ4v) is 2.13. The van der Waals surface area contributed by atoms with Crippen LogP contribution in [-0.2, 0) is 0 Å². The third kappa shape index (κ3) is 2.57. The van der Waals surface area contributed by atoms with E-state index in [1.807, 2.05) is 0 Å². The summed E-state index contributed by atoms with van der Waals surface area (Å²) in [6, 6.07) is 1.66. The quantitative estimate of drug-likeness (QED) is 0.614. The SMILES string of the molecule is O=[N+]([O-])c1ccc(F)c(F)c1OC1CCCCC1. The Morgan fingerprint density at radius 2 is 1.89 bits per heavy atom. The first-order valence-electron chi connectivity index (χ1n) is 5.88. The van der Waals surface area contributed by atoms with Gasteiger partial charge in [0, 0.05) is 6.07 Å². The van der Waals surface area contributed by atoms with Crippen LogP contribution in [0.15, 0.2) is 12.1 Å². The van der Waals surface area contributed by atoms with Crippen LogP contribution in [0.4, 0.5) is 14.5 Å². The third-order valence-electron chi connectivity index (χ3n) is 3.06. The van der Waals surface area contributed by atoms with Gasteiger partial charge in [-0.1, -0.05) is 6.42 Å². The van der Waals surface area contributed by atoms with Gasteiger partial charge in [0.25, 0.3) is 0 Å². The normalized spacial score (nSPS) is 16.6. The molecule has 0 aromatic heterocycles. The summed E-state index contributed by atoms with van der Waals surface area (Å²) in [5.74, 6) is -2.99. The van der Waals surface area contributed by atoms with Crippen molar-refractivity contribution >= 4 is 5.69 Å². The topological polar surface area (TPSA) is 52.4 Å². The van der Waals surface area contributed by atoms with Crippen molar-refractivity contribution in [2.45, 2.75) is 38.2 Å². The molecule has 1 aromatic carbocycles. The molecular weight excluding hydrogens is 244 g/mol. The molecule has 4 nitrogen and oxygen atoms in total. The number of rotatable bonds is 3. The monoisotopic (exact) mass is 257 g/mol. The zero-order valence-corrected chi connectivity index (χ0v) is 9.70. The number of nitrogens with zero attached hydrogens (tertiary/aromatic N) is 1. The van der Waals surface area contributed by atoms with E-state index in [0.717, 1.165) is 31.4 Å². The molecule has 0 amide bonds. The third-order valence-corrected chi connectivity index (χ3v) is 3.06. The zero-order chi connectivity index (χ0) is 13.1. The van der Waals surface area contributed by atoms with Gasteiger partial charge in [0.2, 0.25) is 11.6 Å². The molecule has 98 valence electrons. The van der Waals surface area contributed by atoms with Gasteiger partial charge in [0.1, 0.15) is 0 Å². The lowest BCUT2D eigenvalue weighted by molar-refractivity contribution is -0.386. The average Bonchev–Trinajstić information content (AvgIpc) is 2.36. The molecule has 2 rings (SSSR count). The lowest BCUT2D eigenvalue weighted by atomic mass is 9.98. The van der Waals surface area contributed by atoms with Crippen LogP contribution in [-0.4, -0.2) is 11.0 Å². The first-order chi connectivity index (χ1) is 8.59. The molecule has 18 heavy (non-hydrogen) atoms. The van der Waals surface area contributed by atoms with Gasteiger partial charge in [0.05, 0.1) is 11.0 Å². The molecule has 1 saturated carbocycles. The van der Waals surface area contributed by atoms with E-state index >= 15 is 0 Å². The number of benzene rings is 1. The van der Waals surface area contributed by atoms with E-state index in [1.165, 1.54) is 0 Å². The van der Waals surface area contributed by atoms with Crippen molar-refractivity contribution in [1.29, 1.82) is 0 Å². The maximum Gasteiger partial charge on any atom is 0.314 e. The van der Waals surface area contributed by atoms with Crippen LogP contribution in [0, 0.1) is 21.7 Å². The van der Waals surface area contributed by atoms with E-state index in [2.05, 4.69) is 0 Å². The van der Waals surface area contributed by atoms with E-state index in [4.69, 9.17) is 4.74 Å². The number of nitro groups is 1. The fraction of sp³-hybridized carbons (Fsp3) is 0.500. The highest BCUT2D eigenvalue weighted by atomic mass is 19.2. The second-order valence-electron chi connectivity index (χ2n) is 4.34. The number of hydrogen-bond acceptors (Lipinski definition) is 3. The fourth-order valence-electron chi connectivity index (χ4n) is 2.13. The number of nitro benzene ring substituents is 1. The van der Waals surface area contributed by atoms with Crippen molar-refractivity contribution in [3.05, 3.63) is 33.9 Å². The van der Waals surface area contributed by atoms with Crippen molar-refractivity contribution < 1.29 is 18.4 Å². The van der Waals surface area contributed by atoms with Crippen molar-refractivity contribution in [2.75, 3.05) is 0 Å². The van der Waals surface area contributed by atoms with E-state index in [0.29, 0.717) is 12.8 Å². The summed E-state index contributed by atoms with van der Waals surface area (Å²) in [6.07, 6.45) is 4.12. The zero-order valence-electron chi connectivity index (χ0n) is 9.70. The van der Waals surface area contributed by atoms with Crippen LogP contribution in [0.25, 0.3) is 0 Å². The second kappa shape index (κ2) is 5.29. The van der Waals surface area contributed by atoms with Crippen LogP contribution in [0.1, 0.15) is 32.1 Å². The molecule has 1 fully saturated rings. The average molecular weight is 257 g/mol. The summed E-state index contributed by atoms with van der Waals surface area (Å²) >= 11 is 0. The van der Waals surface area contributed by atoms with E-state index in [1.54, 1.807) is 0 Å². The Bertz CT molecular complexity index is 459. The Hall–Kier alpha value is -1.72. The highest BCUT2D eigenvalue weighted by molar-refractivity contribution is 5.47. The van der Waals surface area contributed by atoms with Gasteiger partial charge < -0.3 is 4.74 Å². The molecule has 0 aliphatic heterocycles. The first kappa shape index (κ1) is 12.7. The first-order valence-corrected chi connectivity index (χ1v) is 5.88. The maximum absolute atomic E-state index is 13.6. The van der Waals surface area contributed by atoms with Crippen molar-refractivity contribution in [2.24, 2.45) is 0 Å². The Morgan fingerprint density at radius 1 is 1.22 bits per heavy atom. The van der Waals surface area contributed by atoms with Crippen molar-refractivity contribution in [3.63, 3.8) is 0 Å². The minimum Gasteiger partial charge on any atom is -0.481 e. The van der Waals surface area contributed by atoms with E-state index in [-0.39, 0.29) is 6.10 Å². The van der Waals surface area contributed by atoms with Gasteiger partial charge >= 0.3 is 5.69 Å². The lowest BCUT2D eigenvalue weighted by Crippen LogP contribution is -2.21. The standard InChI is InChI=1S/C12H13F2NO3/c13-9-6-7-10(15(16)17)12(11(9)14)18-8-4-2-1-3-5-8/h6-8H,1-5H2. The van der Waals surface area contributed by atoms with Crippen molar-refractivity contribution in [3.8, 4) is 5.75 Å². The number of hydrogen-bond donors (Lipinski definition) is 0. The predicted octanol–water partition coefficient (Wildman–Crippen LogP) is 3.58. The van der Waals surface area contributed by atoms with E-state index < -0.39 is 28.0 Å². The molecule has 1 aliphatic rings. The summed E-state index contributed by atoms with van der Waals surface area (Å²) in [5, 5.41) is 10.8. The minimum atomic E-state index is -1.28. The molecule has 0 spiro atoms.